The summed E-state index contributed by atoms with van der Waals surface area (Å²) in [6.07, 6.45) is -2.66. The van der Waals surface area contributed by atoms with E-state index in [0.29, 0.717) is 79.5 Å². The number of alkyl halides is 3. The topological polar surface area (TPSA) is 163 Å². The first kappa shape index (κ1) is 43.2. The standard InChI is InChI=1S/C40H43ClF3N9O5S/c1-5-24-14-28(53-38(59)52(37(57)39(53,3)4)29-18-30(40(42,43)44)32(19-45)46-20-29)6-8-33(24)58-13-12-50-10-11-51(23(2)21-50)22-35(55)48-27-16-25(41)15-26(17-27)47-31-7-9-34(54)49-36(31)56/h6,8,14-18,20,23,31,47H,5,7,9-13,21-22H2,1-4H3,(H,48,55)(H,49,54,56)/t23-,31?/m0/s1. The molecule has 59 heavy (non-hydrogen) atoms. The van der Waals surface area contributed by atoms with Gasteiger partial charge in [-0.3, -0.25) is 39.2 Å². The molecule has 4 heterocycles. The molecule has 0 saturated carbocycles. The molecule has 4 amide bonds. The van der Waals surface area contributed by atoms with Gasteiger partial charge in [-0.05, 0) is 93.9 Å². The van der Waals surface area contributed by atoms with Crippen LogP contribution in [0.5, 0.6) is 5.75 Å². The summed E-state index contributed by atoms with van der Waals surface area (Å²) in [5.74, 6) is -0.837. The van der Waals surface area contributed by atoms with Crippen LogP contribution in [0.4, 0.5) is 35.9 Å². The lowest BCUT2D eigenvalue weighted by Gasteiger charge is -2.39. The van der Waals surface area contributed by atoms with Crippen LogP contribution in [0.15, 0.2) is 48.7 Å². The van der Waals surface area contributed by atoms with Crippen LogP contribution in [0.25, 0.3) is 0 Å². The number of nitrogens with one attached hydrogen (secondary N) is 3. The zero-order chi connectivity index (χ0) is 42.8. The normalized spacial score (nSPS) is 20.1. The van der Waals surface area contributed by atoms with Crippen molar-refractivity contribution in [3.05, 3.63) is 70.5 Å². The molecule has 0 aliphatic carbocycles. The molecule has 1 aromatic heterocycles. The molecule has 1 unspecified atom stereocenters. The van der Waals surface area contributed by atoms with Crippen molar-refractivity contribution in [2.75, 3.05) is 59.8 Å². The Morgan fingerprint density at radius 2 is 1.86 bits per heavy atom. The van der Waals surface area contributed by atoms with Gasteiger partial charge < -0.3 is 20.3 Å². The van der Waals surface area contributed by atoms with Crippen LogP contribution in [-0.2, 0) is 31.8 Å². The number of carbonyl (C=O) groups is 4. The van der Waals surface area contributed by atoms with Crippen LogP contribution in [0.3, 0.4) is 0 Å². The van der Waals surface area contributed by atoms with Crippen LogP contribution < -0.4 is 30.5 Å². The van der Waals surface area contributed by atoms with Gasteiger partial charge in [-0.1, -0.05) is 18.5 Å². The van der Waals surface area contributed by atoms with E-state index in [1.54, 1.807) is 49.1 Å². The monoisotopic (exact) mass is 853 g/mol. The summed E-state index contributed by atoms with van der Waals surface area (Å²) in [5, 5.41) is 17.8. The van der Waals surface area contributed by atoms with Crippen molar-refractivity contribution in [3.63, 3.8) is 0 Å². The van der Waals surface area contributed by atoms with Gasteiger partial charge in [-0.2, -0.15) is 18.4 Å². The summed E-state index contributed by atoms with van der Waals surface area (Å²) in [6, 6.07) is 12.0. The Morgan fingerprint density at radius 1 is 1.12 bits per heavy atom. The molecular formula is C40H43ClF3N9O5S. The average molecular weight is 854 g/mol. The van der Waals surface area contributed by atoms with Gasteiger partial charge in [0, 0.05) is 60.7 Å². The predicted octanol–water partition coefficient (Wildman–Crippen LogP) is 5.35. The number of hydrogen-bond acceptors (Lipinski definition) is 11. The quantitative estimate of drug-likeness (QED) is 0.159. The van der Waals surface area contributed by atoms with Gasteiger partial charge in [0.25, 0.3) is 5.91 Å². The Hall–Kier alpha value is -5.35. The number of pyridine rings is 1. The molecule has 3 saturated heterocycles. The third kappa shape index (κ3) is 9.59. The Morgan fingerprint density at radius 3 is 2.54 bits per heavy atom. The van der Waals surface area contributed by atoms with E-state index in [1.807, 2.05) is 13.0 Å². The SMILES string of the molecule is CCc1cc(N2C(=S)N(c3cnc(C#N)c(C(F)(F)F)c3)C(=O)C2(C)C)ccc1OCCN1CCN(CC(=O)Nc2cc(Cl)cc(NC3CCC(=O)NC3=O)c2)[C@@H](C)C1. The van der Waals surface area contributed by atoms with Gasteiger partial charge in [0.05, 0.1) is 24.0 Å². The fourth-order valence-corrected chi connectivity index (χ4v) is 8.17. The minimum Gasteiger partial charge on any atom is -0.492 e. The highest BCUT2D eigenvalue weighted by Gasteiger charge is 2.51. The first-order valence-electron chi connectivity index (χ1n) is 19.0. The number of nitrogens with zero attached hydrogens (tertiary/aromatic N) is 6. The molecule has 6 rings (SSSR count). The Bertz CT molecular complexity index is 2220. The van der Waals surface area contributed by atoms with Gasteiger partial charge >= 0.3 is 6.18 Å². The van der Waals surface area contributed by atoms with Crippen molar-refractivity contribution in [2.45, 2.75) is 70.8 Å². The van der Waals surface area contributed by atoms with Gasteiger partial charge in [-0.15, -0.1) is 0 Å². The molecule has 3 N–H and O–H groups in total. The summed E-state index contributed by atoms with van der Waals surface area (Å²) in [7, 11) is 0. The number of rotatable bonds is 12. The average Bonchev–Trinajstić information content (AvgIpc) is 3.34. The fraction of sp³-hybridized carbons (Fsp3) is 0.425. The van der Waals surface area contributed by atoms with Crippen LogP contribution in [-0.4, -0.2) is 100 Å². The maximum Gasteiger partial charge on any atom is 0.419 e. The lowest BCUT2D eigenvalue weighted by Crippen LogP contribution is -2.54. The highest BCUT2D eigenvalue weighted by molar-refractivity contribution is 7.81. The van der Waals surface area contributed by atoms with Gasteiger partial charge in [0.15, 0.2) is 10.8 Å². The number of piperidine rings is 1. The number of aromatic nitrogens is 1. The van der Waals surface area contributed by atoms with Crippen molar-refractivity contribution in [2.24, 2.45) is 0 Å². The van der Waals surface area contributed by atoms with E-state index >= 15 is 0 Å². The molecule has 3 fully saturated rings. The van der Waals surface area contributed by atoms with Crippen LogP contribution in [0.2, 0.25) is 5.02 Å². The number of imide groups is 1. The van der Waals surface area contributed by atoms with Crippen molar-refractivity contribution < 1.29 is 37.1 Å². The molecule has 19 heteroatoms. The van der Waals surface area contributed by atoms with E-state index in [9.17, 15) is 37.6 Å². The molecule has 0 bridgehead atoms. The van der Waals surface area contributed by atoms with Gasteiger partial charge in [0.1, 0.15) is 30.0 Å². The van der Waals surface area contributed by atoms with Crippen LogP contribution >= 0.6 is 23.8 Å². The third-order valence-electron chi connectivity index (χ3n) is 10.5. The van der Waals surface area contributed by atoms with Crippen LogP contribution in [0, 0.1) is 11.3 Å². The second kappa shape index (κ2) is 17.5. The van der Waals surface area contributed by atoms with E-state index in [-0.39, 0.29) is 41.6 Å². The summed E-state index contributed by atoms with van der Waals surface area (Å²) < 4.78 is 47.4. The number of amides is 4. The lowest BCUT2D eigenvalue weighted by atomic mass is 10.0. The number of nitriles is 1. The van der Waals surface area contributed by atoms with Crippen LogP contribution in [0.1, 0.15) is 57.4 Å². The van der Waals surface area contributed by atoms with E-state index in [0.717, 1.165) is 16.7 Å². The van der Waals surface area contributed by atoms with Crippen molar-refractivity contribution in [1.29, 1.82) is 5.26 Å². The zero-order valence-corrected chi connectivity index (χ0v) is 34.4. The lowest BCUT2D eigenvalue weighted by molar-refractivity contribution is -0.138. The predicted molar refractivity (Wildman–Crippen MR) is 219 cm³/mol. The Kier molecular flexibility index (Phi) is 12.8. The molecule has 2 aromatic carbocycles. The molecule has 3 aliphatic rings. The second-order valence-electron chi connectivity index (χ2n) is 15.1. The maximum absolute atomic E-state index is 13.7. The third-order valence-corrected chi connectivity index (χ3v) is 11.1. The molecule has 0 spiro atoms. The van der Waals surface area contributed by atoms with Gasteiger partial charge in [-0.25, -0.2) is 4.98 Å². The smallest absolute Gasteiger partial charge is 0.419 e. The number of halogens is 4. The maximum atomic E-state index is 13.7. The molecule has 312 valence electrons. The number of ether oxygens (including phenoxy) is 1. The number of piperazine rings is 1. The summed E-state index contributed by atoms with van der Waals surface area (Å²) in [5.41, 5.74) is -1.08. The number of benzene rings is 2. The molecule has 3 aliphatic heterocycles. The number of aryl methyl sites for hydroxylation is 1. The highest BCUT2D eigenvalue weighted by Crippen LogP contribution is 2.40. The van der Waals surface area contributed by atoms with Gasteiger partial charge in [0.2, 0.25) is 17.7 Å². The van der Waals surface area contributed by atoms with E-state index < -0.39 is 40.8 Å². The largest absolute Gasteiger partial charge is 0.492 e. The minimum absolute atomic E-state index is 0.0287. The van der Waals surface area contributed by atoms with Crippen molar-refractivity contribution in [1.82, 2.24) is 20.1 Å². The molecule has 14 nitrogen and oxygen atoms in total. The summed E-state index contributed by atoms with van der Waals surface area (Å²) >= 11 is 12.0. The highest BCUT2D eigenvalue weighted by atomic mass is 35.5. The number of carbonyl (C=O) groups excluding carboxylic acids is 4. The Labute approximate surface area is 349 Å². The van der Waals surface area contributed by atoms with E-state index in [1.165, 1.54) is 6.07 Å². The fourth-order valence-electron chi connectivity index (χ4n) is 7.42. The van der Waals surface area contributed by atoms with Crippen molar-refractivity contribution in [3.8, 4) is 11.8 Å². The van der Waals surface area contributed by atoms with E-state index in [2.05, 4.69) is 37.7 Å². The molecule has 2 atom stereocenters. The number of thiocarbonyl (C=S) groups is 1. The number of anilines is 4. The minimum atomic E-state index is -4.86. The first-order chi connectivity index (χ1) is 27.9. The first-order valence-corrected chi connectivity index (χ1v) is 19.8. The molecule has 3 aromatic rings. The summed E-state index contributed by atoms with van der Waals surface area (Å²) in [6.45, 7) is 10.5. The zero-order valence-electron chi connectivity index (χ0n) is 32.8. The van der Waals surface area contributed by atoms with E-state index in [4.69, 9.17) is 28.6 Å². The second-order valence-corrected chi connectivity index (χ2v) is 15.9. The molecule has 0 radical (unpaired) electrons. The Balaban J connectivity index is 1.02. The molecular weight excluding hydrogens is 811 g/mol. The number of hydrogen-bond donors (Lipinski definition) is 3. The van der Waals surface area contributed by atoms with Crippen molar-refractivity contribution >= 4 is 75.3 Å². The summed E-state index contributed by atoms with van der Waals surface area (Å²) in [4.78, 5) is 61.1.